The summed E-state index contributed by atoms with van der Waals surface area (Å²) in [6.45, 7) is 4.14. The topological polar surface area (TPSA) is 63.4 Å². The van der Waals surface area contributed by atoms with Crippen molar-refractivity contribution in [1.29, 1.82) is 0 Å². The molecule has 3 aromatic rings. The Morgan fingerprint density at radius 2 is 1.94 bits per heavy atom. The summed E-state index contributed by atoms with van der Waals surface area (Å²) in [6.07, 6.45) is 10.6. The maximum absolute atomic E-state index is 12.8. The van der Waals surface area contributed by atoms with E-state index in [9.17, 15) is 4.79 Å². The molecule has 1 saturated carbocycles. The Labute approximate surface area is 190 Å². The van der Waals surface area contributed by atoms with Gasteiger partial charge in [-0.2, -0.15) is 0 Å². The number of hydrogen-bond acceptors (Lipinski definition) is 6. The first kappa shape index (κ1) is 20.0. The van der Waals surface area contributed by atoms with Crippen molar-refractivity contribution in [2.75, 3.05) is 18.8 Å². The fraction of sp³-hybridized carbons (Fsp3) is 0.652. The number of hydrogen-bond donors (Lipinski definition) is 0. The van der Waals surface area contributed by atoms with Crippen LogP contribution in [0.1, 0.15) is 74.1 Å². The van der Waals surface area contributed by atoms with Crippen molar-refractivity contribution in [2.24, 2.45) is 5.92 Å². The van der Waals surface area contributed by atoms with E-state index < -0.39 is 0 Å². The van der Waals surface area contributed by atoms with Gasteiger partial charge >= 0.3 is 0 Å². The van der Waals surface area contributed by atoms with Gasteiger partial charge in [-0.25, -0.2) is 4.98 Å². The Morgan fingerprint density at radius 1 is 1.13 bits per heavy atom. The van der Waals surface area contributed by atoms with Crippen molar-refractivity contribution < 1.29 is 4.79 Å². The predicted octanol–water partition coefficient (Wildman–Crippen LogP) is 4.84. The maximum atomic E-state index is 12.8. The third-order valence-electron chi connectivity index (χ3n) is 7.02. The predicted molar refractivity (Wildman–Crippen MR) is 125 cm³/mol. The van der Waals surface area contributed by atoms with Crippen LogP contribution in [-0.2, 0) is 17.6 Å². The second-order valence-corrected chi connectivity index (χ2v) is 11.5. The number of amides is 1. The molecule has 164 valence electrons. The number of carbonyl (C=O) groups excluding carboxylic acids is 1. The van der Waals surface area contributed by atoms with Crippen molar-refractivity contribution in [2.45, 2.75) is 75.8 Å². The van der Waals surface area contributed by atoms with E-state index in [1.54, 1.807) is 0 Å². The third kappa shape index (κ3) is 3.65. The van der Waals surface area contributed by atoms with Crippen LogP contribution in [0, 0.1) is 5.92 Å². The zero-order chi connectivity index (χ0) is 20.9. The highest BCUT2D eigenvalue weighted by atomic mass is 32.2. The Morgan fingerprint density at radius 3 is 2.71 bits per heavy atom. The molecule has 31 heavy (non-hydrogen) atoms. The first-order valence-corrected chi connectivity index (χ1v) is 13.6. The smallest absolute Gasteiger partial charge is 0.233 e. The largest absolute Gasteiger partial charge is 0.342 e. The van der Waals surface area contributed by atoms with Gasteiger partial charge < -0.3 is 4.90 Å². The monoisotopic (exact) mass is 455 g/mol. The summed E-state index contributed by atoms with van der Waals surface area (Å²) in [6, 6.07) is 0. The SMILES string of the molecule is C[C@@H]1CCc2c(sc3nc(C4CC4)n4c(SCC(=O)N5CCCCCC5)nnc4c23)C1. The lowest BCUT2D eigenvalue weighted by Crippen LogP contribution is -2.33. The molecule has 0 unspecified atom stereocenters. The molecule has 8 heteroatoms. The molecule has 0 aromatic carbocycles. The number of aryl methyl sites for hydroxylation is 1. The summed E-state index contributed by atoms with van der Waals surface area (Å²) in [7, 11) is 0. The fourth-order valence-corrected chi connectivity index (χ4v) is 7.31. The number of carbonyl (C=O) groups is 1. The number of thiophene rings is 1. The number of nitrogens with zero attached hydrogens (tertiary/aromatic N) is 5. The Balaban J connectivity index is 1.36. The highest BCUT2D eigenvalue weighted by molar-refractivity contribution is 7.99. The van der Waals surface area contributed by atoms with Crippen molar-refractivity contribution in [3.05, 3.63) is 16.3 Å². The van der Waals surface area contributed by atoms with Crippen molar-refractivity contribution in [3.63, 3.8) is 0 Å². The van der Waals surface area contributed by atoms with E-state index in [0.717, 1.165) is 66.1 Å². The normalized spacial score (nSPS) is 22.1. The highest BCUT2D eigenvalue weighted by Crippen LogP contribution is 2.44. The number of aromatic nitrogens is 4. The van der Waals surface area contributed by atoms with Crippen LogP contribution in [0.4, 0.5) is 0 Å². The molecule has 1 aliphatic heterocycles. The van der Waals surface area contributed by atoms with Crippen molar-refractivity contribution in [1.82, 2.24) is 24.5 Å². The van der Waals surface area contributed by atoms with Crippen LogP contribution in [0.25, 0.3) is 15.9 Å². The first-order chi connectivity index (χ1) is 15.2. The van der Waals surface area contributed by atoms with E-state index in [2.05, 4.69) is 21.5 Å². The minimum atomic E-state index is 0.229. The molecular weight excluding hydrogens is 426 g/mol. The lowest BCUT2D eigenvalue weighted by molar-refractivity contribution is -0.128. The van der Waals surface area contributed by atoms with Crippen LogP contribution < -0.4 is 0 Å². The molecule has 1 saturated heterocycles. The van der Waals surface area contributed by atoms with Gasteiger partial charge in [-0.1, -0.05) is 31.5 Å². The van der Waals surface area contributed by atoms with Gasteiger partial charge in [-0.15, -0.1) is 21.5 Å². The van der Waals surface area contributed by atoms with Crippen LogP contribution >= 0.6 is 23.1 Å². The number of fused-ring (bicyclic) bond motifs is 5. The molecule has 4 heterocycles. The molecule has 1 amide bonds. The van der Waals surface area contributed by atoms with Crippen LogP contribution in [0.2, 0.25) is 0 Å². The van der Waals surface area contributed by atoms with Crippen molar-refractivity contribution >= 4 is 44.9 Å². The van der Waals surface area contributed by atoms with Gasteiger partial charge in [0.05, 0.1) is 11.1 Å². The minimum absolute atomic E-state index is 0.229. The summed E-state index contributed by atoms with van der Waals surface area (Å²) in [5, 5.41) is 11.3. The standard InChI is InChI=1S/C23H29N5OS2/c1-14-6-9-16-17(12-14)31-22-19(16)21-25-26-23(28(21)20(24-22)15-7-8-15)30-13-18(29)27-10-4-2-3-5-11-27/h14-15H,2-13H2,1H3/t14-/m1/s1. The van der Waals surface area contributed by atoms with E-state index in [-0.39, 0.29) is 5.91 Å². The molecule has 6 rings (SSSR count). The Hall–Kier alpha value is -1.67. The van der Waals surface area contributed by atoms with Gasteiger partial charge in [0.2, 0.25) is 5.91 Å². The number of rotatable bonds is 4. The number of thioether (sulfide) groups is 1. The zero-order valence-electron chi connectivity index (χ0n) is 18.1. The first-order valence-electron chi connectivity index (χ1n) is 11.8. The van der Waals surface area contributed by atoms with Gasteiger partial charge in [-0.3, -0.25) is 9.20 Å². The summed E-state index contributed by atoms with van der Waals surface area (Å²) < 4.78 is 2.19. The fourth-order valence-electron chi connectivity index (χ4n) is 5.08. The Kier molecular flexibility index (Phi) is 5.17. The van der Waals surface area contributed by atoms with Crippen LogP contribution in [0.5, 0.6) is 0 Å². The van der Waals surface area contributed by atoms with Gasteiger partial charge in [0, 0.05) is 23.9 Å². The molecule has 0 N–H and O–H groups in total. The second-order valence-electron chi connectivity index (χ2n) is 9.50. The summed E-state index contributed by atoms with van der Waals surface area (Å²) in [4.78, 5) is 22.7. The highest BCUT2D eigenvalue weighted by Gasteiger charge is 2.32. The molecular formula is C23H29N5OS2. The molecule has 2 aliphatic carbocycles. The molecule has 0 bridgehead atoms. The molecule has 0 radical (unpaired) electrons. The van der Waals surface area contributed by atoms with Gasteiger partial charge in [0.15, 0.2) is 10.8 Å². The second kappa shape index (κ2) is 8.03. The van der Waals surface area contributed by atoms with Crippen molar-refractivity contribution in [3.8, 4) is 0 Å². The quantitative estimate of drug-likeness (QED) is 0.527. The summed E-state index contributed by atoms with van der Waals surface area (Å²) >= 11 is 3.40. The van der Waals surface area contributed by atoms with E-state index in [0.29, 0.717) is 11.7 Å². The van der Waals surface area contributed by atoms with Gasteiger partial charge in [0.25, 0.3) is 0 Å². The molecule has 0 spiro atoms. The zero-order valence-corrected chi connectivity index (χ0v) is 19.7. The van der Waals surface area contributed by atoms with Crippen LogP contribution in [0.15, 0.2) is 5.16 Å². The lowest BCUT2D eigenvalue weighted by Gasteiger charge is -2.19. The molecule has 2 fully saturated rings. The molecule has 3 aliphatic rings. The summed E-state index contributed by atoms with van der Waals surface area (Å²) in [5.74, 6) is 3.01. The van der Waals surface area contributed by atoms with Crippen LogP contribution in [-0.4, -0.2) is 49.2 Å². The minimum Gasteiger partial charge on any atom is -0.342 e. The molecule has 3 aromatic heterocycles. The average molecular weight is 456 g/mol. The van der Waals surface area contributed by atoms with Gasteiger partial charge in [0.1, 0.15) is 10.7 Å². The van der Waals surface area contributed by atoms with Crippen LogP contribution in [0.3, 0.4) is 0 Å². The molecule has 6 nitrogen and oxygen atoms in total. The Bertz CT molecular complexity index is 1140. The maximum Gasteiger partial charge on any atom is 0.233 e. The van der Waals surface area contributed by atoms with Gasteiger partial charge in [-0.05, 0) is 56.4 Å². The third-order valence-corrected chi connectivity index (χ3v) is 9.08. The van der Waals surface area contributed by atoms with E-state index >= 15 is 0 Å². The number of likely N-dealkylation sites (tertiary alicyclic amines) is 1. The lowest BCUT2D eigenvalue weighted by atomic mass is 9.89. The average Bonchev–Trinajstić information content (AvgIpc) is 3.50. The van der Waals surface area contributed by atoms with E-state index in [1.807, 2.05) is 16.2 Å². The van der Waals surface area contributed by atoms with E-state index in [1.165, 1.54) is 59.7 Å². The van der Waals surface area contributed by atoms with E-state index in [4.69, 9.17) is 4.98 Å². The molecule has 1 atom stereocenters. The summed E-state index contributed by atoms with van der Waals surface area (Å²) in [5.41, 5.74) is 2.41.